The van der Waals surface area contributed by atoms with Crippen molar-refractivity contribution in [3.63, 3.8) is 0 Å². The average molecular weight is 270 g/mol. The summed E-state index contributed by atoms with van der Waals surface area (Å²) in [4.78, 5) is 0. The van der Waals surface area contributed by atoms with Crippen molar-refractivity contribution in [3.8, 4) is 5.75 Å². The fourth-order valence-electron chi connectivity index (χ4n) is 1.01. The molecule has 78 valence electrons. The van der Waals surface area contributed by atoms with Crippen molar-refractivity contribution in [2.45, 2.75) is 6.92 Å². The Hall–Kier alpha value is 0.980. The molecule has 2 nitrogen and oxygen atoms in total. The van der Waals surface area contributed by atoms with Gasteiger partial charge in [-0.1, -0.05) is 11.8 Å². The maximum absolute atomic E-state index is 5.39. The molecule has 0 fully saturated rings. The van der Waals surface area contributed by atoms with Crippen molar-refractivity contribution in [1.29, 1.82) is 0 Å². The van der Waals surface area contributed by atoms with Gasteiger partial charge in [0.1, 0.15) is 5.75 Å². The first kappa shape index (κ1) is 16.0. The molecular weight excluding hydrogens is 258 g/mol. The number of hydrogen-bond donors (Lipinski definition) is 0. The first-order valence-corrected chi connectivity index (χ1v) is 7.93. The molecule has 0 radical (unpaired) electrons. The zero-order chi connectivity index (χ0) is 10.6. The molecule has 1 aromatic carbocycles. The summed E-state index contributed by atoms with van der Waals surface area (Å²) in [7, 11) is 1.63. The van der Waals surface area contributed by atoms with Crippen molar-refractivity contribution in [3.05, 3.63) is 24.3 Å². The Kier molecular flexibility index (Phi) is 7.81. The Labute approximate surface area is 123 Å². The number of rotatable bonds is 4. The van der Waals surface area contributed by atoms with Crippen LogP contribution < -0.4 is 39.6 Å². The number of benzene rings is 1. The van der Waals surface area contributed by atoms with Gasteiger partial charge in [0.15, 0.2) is 0 Å². The van der Waals surface area contributed by atoms with Gasteiger partial charge >= 0.3 is 29.6 Å². The maximum atomic E-state index is 5.39. The SMILES string of the molecule is CCOP(=S)([S-])c1ccc(OC)cc1.[Na+]. The van der Waals surface area contributed by atoms with Crippen molar-refractivity contribution in [2.75, 3.05) is 13.7 Å². The summed E-state index contributed by atoms with van der Waals surface area (Å²) in [6.07, 6.45) is 0. The third kappa shape index (κ3) is 4.78. The fraction of sp³-hybridized carbons (Fsp3) is 0.333. The van der Waals surface area contributed by atoms with Crippen LogP contribution in [0.3, 0.4) is 0 Å². The Morgan fingerprint density at radius 3 is 2.27 bits per heavy atom. The Morgan fingerprint density at radius 1 is 1.33 bits per heavy atom. The summed E-state index contributed by atoms with van der Waals surface area (Å²) in [5.74, 6) is 0.801. The third-order valence-electron chi connectivity index (χ3n) is 1.69. The van der Waals surface area contributed by atoms with Crippen LogP contribution in [0.2, 0.25) is 0 Å². The molecule has 0 aliphatic carbocycles. The standard InChI is InChI=1S/C9H13O2PS2.Na/c1-3-11-12(13,14)9-6-4-8(10-2)5-7-9;/h4-7H,3H2,1-2H3,(H,13,14);/q;+1/p-1. The van der Waals surface area contributed by atoms with Crippen LogP contribution in [0.5, 0.6) is 5.75 Å². The van der Waals surface area contributed by atoms with E-state index in [4.69, 9.17) is 33.3 Å². The molecule has 15 heavy (non-hydrogen) atoms. The molecule has 0 saturated carbocycles. The molecule has 0 N–H and O–H groups in total. The van der Waals surface area contributed by atoms with E-state index in [1.807, 2.05) is 31.2 Å². The van der Waals surface area contributed by atoms with E-state index in [2.05, 4.69) is 0 Å². The second-order valence-corrected chi connectivity index (χ2v) is 8.16. The van der Waals surface area contributed by atoms with Gasteiger partial charge in [-0.15, -0.1) is 0 Å². The van der Waals surface area contributed by atoms with Gasteiger partial charge in [-0.2, -0.15) is 0 Å². The molecular formula is C9H12NaO2PS2. The van der Waals surface area contributed by atoms with E-state index in [0.717, 1.165) is 11.1 Å². The molecule has 6 heteroatoms. The molecule has 1 rings (SSSR count). The van der Waals surface area contributed by atoms with Crippen LogP contribution in [0.25, 0.3) is 0 Å². The summed E-state index contributed by atoms with van der Waals surface area (Å²) in [5.41, 5.74) is -2.21. The summed E-state index contributed by atoms with van der Waals surface area (Å²) in [6.45, 7) is 2.46. The van der Waals surface area contributed by atoms with Gasteiger partial charge in [-0.3, -0.25) is 0 Å². The van der Waals surface area contributed by atoms with E-state index in [1.165, 1.54) is 0 Å². The Bertz CT molecular complexity index is 342. The molecule has 1 unspecified atom stereocenters. The second kappa shape index (κ2) is 7.33. The van der Waals surface area contributed by atoms with Gasteiger partial charge in [-0.05, 0) is 42.0 Å². The number of methoxy groups -OCH3 is 1. The topological polar surface area (TPSA) is 18.5 Å². The monoisotopic (exact) mass is 270 g/mol. The first-order valence-electron chi connectivity index (χ1n) is 4.20. The van der Waals surface area contributed by atoms with Crippen LogP contribution >= 0.6 is 5.47 Å². The largest absolute Gasteiger partial charge is 1.00 e. The molecule has 1 atom stereocenters. The summed E-state index contributed by atoms with van der Waals surface area (Å²) < 4.78 is 10.4. The quantitative estimate of drug-likeness (QED) is 0.406. The molecule has 0 aromatic heterocycles. The smallest absolute Gasteiger partial charge is 0.715 e. The van der Waals surface area contributed by atoms with Crippen molar-refractivity contribution in [2.24, 2.45) is 0 Å². The van der Waals surface area contributed by atoms with Gasteiger partial charge in [0.2, 0.25) is 0 Å². The van der Waals surface area contributed by atoms with Crippen molar-refractivity contribution >= 4 is 34.8 Å². The van der Waals surface area contributed by atoms with Crippen LogP contribution in [-0.2, 0) is 28.6 Å². The molecule has 0 saturated heterocycles. The third-order valence-corrected chi connectivity index (χ3v) is 5.11. The molecule has 0 heterocycles. The van der Waals surface area contributed by atoms with E-state index in [-0.39, 0.29) is 29.6 Å². The van der Waals surface area contributed by atoms with E-state index < -0.39 is 5.47 Å². The van der Waals surface area contributed by atoms with E-state index in [0.29, 0.717) is 6.61 Å². The van der Waals surface area contributed by atoms with Crippen LogP contribution in [0.1, 0.15) is 6.92 Å². The minimum Gasteiger partial charge on any atom is -0.715 e. The van der Waals surface area contributed by atoms with Crippen LogP contribution in [0, 0.1) is 0 Å². The van der Waals surface area contributed by atoms with Crippen LogP contribution in [0.4, 0.5) is 0 Å². The zero-order valence-corrected chi connectivity index (χ0v) is 13.6. The zero-order valence-electron chi connectivity index (χ0n) is 9.10. The Balaban J connectivity index is 0.00000196. The molecule has 0 aliphatic rings. The molecule has 1 aromatic rings. The minimum absolute atomic E-state index is 0. The van der Waals surface area contributed by atoms with Gasteiger partial charge in [-0.25, -0.2) is 0 Å². The average Bonchev–Trinajstić information content (AvgIpc) is 2.18. The normalized spacial score (nSPS) is 13.8. The van der Waals surface area contributed by atoms with E-state index in [1.54, 1.807) is 7.11 Å². The van der Waals surface area contributed by atoms with Gasteiger partial charge in [0.05, 0.1) is 7.11 Å². The number of ether oxygens (including phenoxy) is 1. The maximum Gasteiger partial charge on any atom is 1.00 e. The summed E-state index contributed by atoms with van der Waals surface area (Å²) in [5, 5.41) is 0.908. The molecule has 0 aliphatic heterocycles. The fourth-order valence-corrected chi connectivity index (χ4v) is 3.38. The van der Waals surface area contributed by atoms with Crippen molar-refractivity contribution < 1.29 is 38.8 Å². The van der Waals surface area contributed by atoms with Crippen molar-refractivity contribution in [1.82, 2.24) is 0 Å². The van der Waals surface area contributed by atoms with Crippen LogP contribution in [-0.4, -0.2) is 13.7 Å². The molecule has 0 bridgehead atoms. The van der Waals surface area contributed by atoms with Crippen LogP contribution in [0.15, 0.2) is 24.3 Å². The summed E-state index contributed by atoms with van der Waals surface area (Å²) in [6, 6.07) is 7.45. The van der Waals surface area contributed by atoms with Gasteiger partial charge in [0.25, 0.3) is 0 Å². The van der Waals surface area contributed by atoms with E-state index in [9.17, 15) is 0 Å². The second-order valence-electron chi connectivity index (χ2n) is 2.61. The number of hydrogen-bond acceptors (Lipinski definition) is 4. The first-order chi connectivity index (χ1) is 6.60. The van der Waals surface area contributed by atoms with E-state index >= 15 is 0 Å². The predicted molar refractivity (Wildman–Crippen MR) is 65.9 cm³/mol. The van der Waals surface area contributed by atoms with Gasteiger partial charge in [0, 0.05) is 6.61 Å². The van der Waals surface area contributed by atoms with Gasteiger partial charge < -0.3 is 21.5 Å². The molecule has 0 amide bonds. The Morgan fingerprint density at radius 2 is 1.87 bits per heavy atom. The predicted octanol–water partition coefficient (Wildman–Crippen LogP) is -0.783. The minimum atomic E-state index is -2.21. The molecule has 0 spiro atoms. The summed E-state index contributed by atoms with van der Waals surface area (Å²) >= 11 is 10.5.